The van der Waals surface area contributed by atoms with E-state index in [4.69, 9.17) is 4.42 Å². The lowest BCUT2D eigenvalue weighted by atomic mass is 10.2. The summed E-state index contributed by atoms with van der Waals surface area (Å²) in [5, 5.41) is 2.32. The highest BCUT2D eigenvalue weighted by Crippen LogP contribution is 2.12. The molecule has 116 valence electrons. The second kappa shape index (κ2) is 6.60. The summed E-state index contributed by atoms with van der Waals surface area (Å²) in [7, 11) is 2.09. The molecule has 0 bridgehead atoms. The van der Waals surface area contributed by atoms with Gasteiger partial charge in [0.15, 0.2) is 0 Å². The Bertz CT molecular complexity index is 949. The number of allylic oxidation sites excluding steroid dienone is 4. The molecule has 1 aromatic carbocycles. The lowest BCUT2D eigenvalue weighted by Gasteiger charge is -2.25. The van der Waals surface area contributed by atoms with Gasteiger partial charge in [0.05, 0.1) is 0 Å². The fourth-order valence-electron chi connectivity index (χ4n) is 2.75. The summed E-state index contributed by atoms with van der Waals surface area (Å²) in [6.45, 7) is 4.22. The third kappa shape index (κ3) is 3.08. The van der Waals surface area contributed by atoms with Gasteiger partial charge in [0.25, 0.3) is 0 Å². The smallest absolute Gasteiger partial charge is 0.135 e. The van der Waals surface area contributed by atoms with E-state index in [0.717, 1.165) is 27.3 Å². The standard InChI is InChI=1S/C21H21NO/c1-4-18-19-13-9-10-14-20(19)23-21(18)15-16(2)22(3)17-11-7-5-6-8-12-17/h4-5,7-16H,1-3H3/b18-4-,21-15+. The molecule has 1 unspecified atom stereocenters. The molecule has 0 spiro atoms. The fraction of sp³-hybridized carbons (Fsp3) is 0.190. The van der Waals surface area contributed by atoms with Gasteiger partial charge < -0.3 is 9.32 Å². The Kier molecular flexibility index (Phi) is 4.36. The van der Waals surface area contributed by atoms with E-state index < -0.39 is 0 Å². The van der Waals surface area contributed by atoms with Crippen molar-refractivity contribution in [2.75, 3.05) is 7.05 Å². The molecule has 0 fully saturated rings. The molecule has 2 aromatic rings. The van der Waals surface area contributed by atoms with E-state index >= 15 is 0 Å². The van der Waals surface area contributed by atoms with Gasteiger partial charge in [-0.05, 0) is 50.3 Å². The minimum absolute atomic E-state index is 0.205. The van der Waals surface area contributed by atoms with Crippen molar-refractivity contribution < 1.29 is 4.42 Å². The molecule has 2 heteroatoms. The summed E-state index contributed by atoms with van der Waals surface area (Å²) in [5.41, 5.74) is 6.09. The first-order chi connectivity index (χ1) is 11.2. The molecule has 0 amide bonds. The molecule has 1 aliphatic rings. The Morgan fingerprint density at radius 1 is 1.22 bits per heavy atom. The van der Waals surface area contributed by atoms with Gasteiger partial charge >= 0.3 is 0 Å². The van der Waals surface area contributed by atoms with Gasteiger partial charge in [-0.3, -0.25) is 0 Å². The SMILES string of the molecule is C/C=c1\c(=C/C(C)N(C)C2=CC=C=CC=C2)oc2ccccc12. The van der Waals surface area contributed by atoms with Gasteiger partial charge in [0.2, 0.25) is 0 Å². The molecule has 0 radical (unpaired) electrons. The van der Waals surface area contributed by atoms with Crippen LogP contribution in [0.4, 0.5) is 0 Å². The van der Waals surface area contributed by atoms with E-state index in [1.165, 1.54) is 0 Å². The van der Waals surface area contributed by atoms with Gasteiger partial charge in [-0.2, -0.15) is 0 Å². The second-order valence-electron chi connectivity index (χ2n) is 5.63. The number of likely N-dealkylation sites (N-methyl/N-ethyl adjacent to an activating group) is 1. The van der Waals surface area contributed by atoms with Crippen LogP contribution in [-0.2, 0) is 0 Å². The number of fused-ring (bicyclic) bond motifs is 1. The zero-order chi connectivity index (χ0) is 16.2. The Morgan fingerprint density at radius 2 is 2.04 bits per heavy atom. The molecule has 2 nitrogen and oxygen atoms in total. The van der Waals surface area contributed by atoms with Gasteiger partial charge in [0.1, 0.15) is 11.0 Å². The topological polar surface area (TPSA) is 16.4 Å². The molecule has 23 heavy (non-hydrogen) atoms. The first-order valence-corrected chi connectivity index (χ1v) is 7.88. The quantitative estimate of drug-likeness (QED) is 0.807. The fourth-order valence-corrected chi connectivity index (χ4v) is 2.75. The van der Waals surface area contributed by atoms with Crippen LogP contribution in [0.25, 0.3) is 23.1 Å². The Morgan fingerprint density at radius 3 is 2.87 bits per heavy atom. The van der Waals surface area contributed by atoms with Gasteiger partial charge in [0, 0.05) is 29.4 Å². The molecule has 0 saturated heterocycles. The average Bonchev–Trinajstić information content (AvgIpc) is 2.74. The number of benzene rings is 1. The molecule has 1 aliphatic carbocycles. The van der Waals surface area contributed by atoms with Crippen molar-refractivity contribution in [1.29, 1.82) is 0 Å². The van der Waals surface area contributed by atoms with Gasteiger partial charge in [-0.1, -0.05) is 30.4 Å². The van der Waals surface area contributed by atoms with E-state index in [0.29, 0.717) is 0 Å². The van der Waals surface area contributed by atoms with E-state index in [1.807, 2.05) is 36.4 Å². The molecule has 0 aliphatic heterocycles. The molecular formula is C21H21NO. The molecule has 1 atom stereocenters. The highest BCUT2D eigenvalue weighted by Gasteiger charge is 2.10. The highest BCUT2D eigenvalue weighted by molar-refractivity contribution is 5.78. The van der Waals surface area contributed by atoms with Crippen molar-refractivity contribution in [3.8, 4) is 0 Å². The van der Waals surface area contributed by atoms with Crippen LogP contribution in [0, 0.1) is 0 Å². The first-order valence-electron chi connectivity index (χ1n) is 7.88. The average molecular weight is 303 g/mol. The Balaban J connectivity index is 2.01. The Labute approximate surface area is 136 Å². The van der Waals surface area contributed by atoms with Crippen molar-refractivity contribution in [3.05, 3.63) is 76.7 Å². The highest BCUT2D eigenvalue weighted by atomic mass is 16.3. The lowest BCUT2D eigenvalue weighted by molar-refractivity contribution is 0.396. The molecule has 1 heterocycles. The van der Waals surface area contributed by atoms with Crippen molar-refractivity contribution in [1.82, 2.24) is 4.90 Å². The van der Waals surface area contributed by atoms with Crippen LogP contribution in [0.3, 0.4) is 0 Å². The number of furan rings is 1. The van der Waals surface area contributed by atoms with Crippen molar-refractivity contribution in [2.45, 2.75) is 19.9 Å². The minimum Gasteiger partial charge on any atom is -0.456 e. The number of para-hydroxylation sites is 1. The molecular weight excluding hydrogens is 282 g/mol. The van der Waals surface area contributed by atoms with Crippen LogP contribution in [0.1, 0.15) is 13.8 Å². The maximum atomic E-state index is 6.05. The number of hydrogen-bond acceptors (Lipinski definition) is 2. The third-order valence-corrected chi connectivity index (χ3v) is 4.17. The summed E-state index contributed by atoms with van der Waals surface area (Å²) in [4.78, 5) is 2.22. The maximum Gasteiger partial charge on any atom is 0.135 e. The molecule has 0 N–H and O–H groups in total. The van der Waals surface area contributed by atoms with Crippen molar-refractivity contribution in [3.63, 3.8) is 0 Å². The monoisotopic (exact) mass is 303 g/mol. The summed E-state index contributed by atoms with van der Waals surface area (Å²) in [6.07, 6.45) is 14.3. The van der Waals surface area contributed by atoms with E-state index in [9.17, 15) is 0 Å². The van der Waals surface area contributed by atoms with E-state index in [2.05, 4.69) is 61.9 Å². The maximum absolute atomic E-state index is 6.05. The van der Waals surface area contributed by atoms with Gasteiger partial charge in [-0.15, -0.1) is 5.73 Å². The van der Waals surface area contributed by atoms with Crippen LogP contribution in [0.2, 0.25) is 0 Å². The zero-order valence-corrected chi connectivity index (χ0v) is 13.8. The summed E-state index contributed by atoms with van der Waals surface area (Å²) in [5.74, 6) is 0. The summed E-state index contributed by atoms with van der Waals surface area (Å²) < 4.78 is 6.05. The normalized spacial score (nSPS) is 16.7. The molecule has 3 rings (SSSR count). The zero-order valence-electron chi connectivity index (χ0n) is 13.8. The van der Waals surface area contributed by atoms with Gasteiger partial charge in [-0.25, -0.2) is 0 Å². The van der Waals surface area contributed by atoms with E-state index in [1.54, 1.807) is 0 Å². The number of rotatable bonds is 3. The third-order valence-electron chi connectivity index (χ3n) is 4.17. The lowest BCUT2D eigenvalue weighted by Crippen LogP contribution is -2.30. The van der Waals surface area contributed by atoms with Crippen LogP contribution in [0.15, 0.2) is 70.5 Å². The minimum atomic E-state index is 0.205. The first kappa shape index (κ1) is 15.2. The van der Waals surface area contributed by atoms with Crippen molar-refractivity contribution >= 4 is 23.1 Å². The van der Waals surface area contributed by atoms with Crippen LogP contribution >= 0.6 is 0 Å². The number of nitrogens with zero attached hydrogens (tertiary/aromatic N) is 1. The van der Waals surface area contributed by atoms with Crippen LogP contribution < -0.4 is 10.6 Å². The van der Waals surface area contributed by atoms with Crippen molar-refractivity contribution in [2.24, 2.45) is 0 Å². The Hall–Kier alpha value is -2.70. The summed E-state index contributed by atoms with van der Waals surface area (Å²) >= 11 is 0. The van der Waals surface area contributed by atoms with Crippen LogP contribution in [0.5, 0.6) is 0 Å². The summed E-state index contributed by atoms with van der Waals surface area (Å²) in [6, 6.07) is 8.38. The largest absolute Gasteiger partial charge is 0.456 e. The predicted molar refractivity (Wildman–Crippen MR) is 97.2 cm³/mol. The molecule has 0 saturated carbocycles. The number of hydrogen-bond donors (Lipinski definition) is 0. The second-order valence-corrected chi connectivity index (χ2v) is 5.63. The predicted octanol–water partition coefficient (Wildman–Crippen LogP) is 3.50. The van der Waals surface area contributed by atoms with E-state index in [-0.39, 0.29) is 6.04 Å². The van der Waals surface area contributed by atoms with Crippen LogP contribution in [-0.4, -0.2) is 18.0 Å². The molecule has 1 aromatic heterocycles.